The topological polar surface area (TPSA) is 50.8 Å². The zero-order valence-electron chi connectivity index (χ0n) is 15.1. The number of carbonyl (C=O) groups excluding carboxylic acids is 1. The number of hydrogen-bond donors (Lipinski definition) is 1. The summed E-state index contributed by atoms with van der Waals surface area (Å²) in [5, 5.41) is 3.60. The zero-order chi connectivity index (χ0) is 17.5. The molecule has 1 amide bonds. The highest BCUT2D eigenvalue weighted by molar-refractivity contribution is 6.32. The maximum atomic E-state index is 12.8. The molecule has 1 aromatic rings. The van der Waals surface area contributed by atoms with E-state index in [1.54, 1.807) is 12.1 Å². The van der Waals surface area contributed by atoms with Gasteiger partial charge in [0, 0.05) is 18.7 Å². The summed E-state index contributed by atoms with van der Waals surface area (Å²) in [6.45, 7) is 7.46. The van der Waals surface area contributed by atoms with E-state index < -0.39 is 0 Å². The van der Waals surface area contributed by atoms with Gasteiger partial charge in [-0.1, -0.05) is 18.5 Å². The molecule has 1 saturated heterocycles. The summed E-state index contributed by atoms with van der Waals surface area (Å²) >= 11 is 6.35. The van der Waals surface area contributed by atoms with Crippen LogP contribution in [0.4, 0.5) is 0 Å². The lowest BCUT2D eigenvalue weighted by atomic mass is 10.1. The standard InChI is InChI=1S/C18H27ClN2O3.ClH/c1-4-8-24-17-15(19)9-14(10-16(17)23-5-2)18(22)21-7-6-13(12-21)11-20-3;/h9-10,13,20H,4-8,11-12H2,1-3H3;1H. The van der Waals surface area contributed by atoms with Gasteiger partial charge in [-0.15, -0.1) is 12.4 Å². The highest BCUT2D eigenvalue weighted by Crippen LogP contribution is 2.37. The normalized spacial score (nSPS) is 16.5. The van der Waals surface area contributed by atoms with Crippen LogP contribution < -0.4 is 14.8 Å². The molecule has 0 aliphatic carbocycles. The molecule has 1 heterocycles. The average molecular weight is 391 g/mol. The molecule has 1 aromatic carbocycles. The van der Waals surface area contributed by atoms with Gasteiger partial charge in [-0.25, -0.2) is 0 Å². The van der Waals surface area contributed by atoms with Crippen molar-refractivity contribution in [3.63, 3.8) is 0 Å². The Kier molecular flexibility index (Phi) is 9.39. The van der Waals surface area contributed by atoms with Gasteiger partial charge in [0.15, 0.2) is 11.5 Å². The van der Waals surface area contributed by atoms with E-state index in [4.69, 9.17) is 21.1 Å². The van der Waals surface area contributed by atoms with E-state index in [2.05, 4.69) is 5.32 Å². The summed E-state index contributed by atoms with van der Waals surface area (Å²) in [7, 11) is 1.94. The van der Waals surface area contributed by atoms with Crippen molar-refractivity contribution < 1.29 is 14.3 Å². The number of likely N-dealkylation sites (tertiary alicyclic amines) is 1. The van der Waals surface area contributed by atoms with Crippen molar-refractivity contribution in [2.75, 3.05) is 39.9 Å². The molecule has 1 fully saturated rings. The third kappa shape index (κ3) is 5.66. The number of amides is 1. The fourth-order valence-corrected chi connectivity index (χ4v) is 3.22. The Labute approximate surface area is 161 Å². The second-order valence-corrected chi connectivity index (χ2v) is 6.44. The van der Waals surface area contributed by atoms with Crippen LogP contribution >= 0.6 is 24.0 Å². The Hall–Kier alpha value is -1.17. The highest BCUT2D eigenvalue weighted by Gasteiger charge is 2.27. The van der Waals surface area contributed by atoms with Crippen molar-refractivity contribution in [2.45, 2.75) is 26.7 Å². The van der Waals surface area contributed by atoms with Crippen LogP contribution in [0.2, 0.25) is 5.02 Å². The van der Waals surface area contributed by atoms with Crippen LogP contribution in [0.15, 0.2) is 12.1 Å². The second kappa shape index (κ2) is 10.7. The van der Waals surface area contributed by atoms with Crippen LogP contribution in [0, 0.1) is 5.92 Å². The number of hydrogen-bond acceptors (Lipinski definition) is 4. The molecule has 1 aliphatic heterocycles. The number of nitrogens with zero attached hydrogens (tertiary/aromatic N) is 1. The van der Waals surface area contributed by atoms with Gasteiger partial charge >= 0.3 is 0 Å². The summed E-state index contributed by atoms with van der Waals surface area (Å²) in [6, 6.07) is 3.43. The second-order valence-electron chi connectivity index (χ2n) is 6.03. The van der Waals surface area contributed by atoms with E-state index >= 15 is 0 Å². The summed E-state index contributed by atoms with van der Waals surface area (Å²) < 4.78 is 11.3. The first kappa shape index (κ1) is 21.9. The van der Waals surface area contributed by atoms with Gasteiger partial charge in [0.1, 0.15) is 0 Å². The first-order valence-corrected chi connectivity index (χ1v) is 9.01. The summed E-state index contributed by atoms with van der Waals surface area (Å²) in [6.07, 6.45) is 1.90. The summed E-state index contributed by atoms with van der Waals surface area (Å²) in [5.74, 6) is 1.56. The van der Waals surface area contributed by atoms with Crippen LogP contribution in [0.1, 0.15) is 37.0 Å². The molecule has 1 N–H and O–H groups in total. The predicted molar refractivity (Wildman–Crippen MR) is 104 cm³/mol. The summed E-state index contributed by atoms with van der Waals surface area (Å²) in [4.78, 5) is 14.7. The van der Waals surface area contributed by atoms with Crippen molar-refractivity contribution in [3.05, 3.63) is 22.7 Å². The Morgan fingerprint density at radius 1 is 1.36 bits per heavy atom. The molecule has 0 radical (unpaired) electrons. The van der Waals surface area contributed by atoms with Crippen LogP contribution in [0.5, 0.6) is 11.5 Å². The molecular formula is C18H28Cl2N2O3. The van der Waals surface area contributed by atoms with E-state index in [9.17, 15) is 4.79 Å². The largest absolute Gasteiger partial charge is 0.490 e. The number of rotatable bonds is 8. The zero-order valence-corrected chi connectivity index (χ0v) is 16.7. The SMILES string of the molecule is CCCOc1c(Cl)cc(C(=O)N2CCC(CNC)C2)cc1OCC.Cl. The van der Waals surface area contributed by atoms with E-state index in [1.165, 1.54) is 0 Å². The van der Waals surface area contributed by atoms with Gasteiger partial charge in [0.05, 0.1) is 18.2 Å². The van der Waals surface area contributed by atoms with E-state index in [-0.39, 0.29) is 18.3 Å². The lowest BCUT2D eigenvalue weighted by molar-refractivity contribution is 0.0786. The van der Waals surface area contributed by atoms with Crippen LogP contribution in [0.25, 0.3) is 0 Å². The molecule has 1 atom stereocenters. The van der Waals surface area contributed by atoms with Gasteiger partial charge in [-0.05, 0) is 51.4 Å². The molecule has 25 heavy (non-hydrogen) atoms. The number of ether oxygens (including phenoxy) is 2. The molecule has 142 valence electrons. The first-order valence-electron chi connectivity index (χ1n) is 8.63. The third-order valence-corrected chi connectivity index (χ3v) is 4.35. The molecule has 5 nitrogen and oxygen atoms in total. The van der Waals surface area contributed by atoms with Crippen LogP contribution in [-0.2, 0) is 0 Å². The molecule has 1 aliphatic rings. The van der Waals surface area contributed by atoms with E-state index in [0.29, 0.717) is 41.2 Å². The number of nitrogens with one attached hydrogen (secondary N) is 1. The van der Waals surface area contributed by atoms with Crippen molar-refractivity contribution in [1.29, 1.82) is 0 Å². The van der Waals surface area contributed by atoms with Crippen LogP contribution in [-0.4, -0.2) is 50.7 Å². The lowest BCUT2D eigenvalue weighted by Crippen LogP contribution is -2.30. The van der Waals surface area contributed by atoms with Crippen molar-refractivity contribution in [3.8, 4) is 11.5 Å². The van der Waals surface area contributed by atoms with Crippen LogP contribution in [0.3, 0.4) is 0 Å². The third-order valence-electron chi connectivity index (χ3n) is 4.07. The lowest BCUT2D eigenvalue weighted by Gasteiger charge is -2.19. The van der Waals surface area contributed by atoms with Crippen molar-refractivity contribution >= 4 is 29.9 Å². The maximum Gasteiger partial charge on any atom is 0.254 e. The smallest absolute Gasteiger partial charge is 0.254 e. The molecule has 0 bridgehead atoms. The Morgan fingerprint density at radius 2 is 2.12 bits per heavy atom. The quantitative estimate of drug-likeness (QED) is 0.735. The number of halogens is 2. The predicted octanol–water partition coefficient (Wildman–Crippen LogP) is 3.63. The maximum absolute atomic E-state index is 12.8. The van der Waals surface area contributed by atoms with Gasteiger partial charge in [-0.3, -0.25) is 4.79 Å². The summed E-state index contributed by atoms with van der Waals surface area (Å²) in [5.41, 5.74) is 0.553. The van der Waals surface area contributed by atoms with Gasteiger partial charge in [0.25, 0.3) is 5.91 Å². The fourth-order valence-electron chi connectivity index (χ4n) is 2.95. The minimum absolute atomic E-state index is 0. The Morgan fingerprint density at radius 3 is 2.76 bits per heavy atom. The molecular weight excluding hydrogens is 363 g/mol. The molecule has 7 heteroatoms. The average Bonchev–Trinajstić information content (AvgIpc) is 3.02. The number of carbonyl (C=O) groups is 1. The van der Waals surface area contributed by atoms with Gasteiger partial charge < -0.3 is 19.7 Å². The van der Waals surface area contributed by atoms with Gasteiger partial charge in [-0.2, -0.15) is 0 Å². The minimum Gasteiger partial charge on any atom is -0.490 e. The molecule has 0 aromatic heterocycles. The van der Waals surface area contributed by atoms with E-state index in [1.807, 2.05) is 25.8 Å². The minimum atomic E-state index is -0.00139. The Bertz CT molecular complexity index is 569. The number of benzene rings is 1. The van der Waals surface area contributed by atoms with E-state index in [0.717, 1.165) is 32.5 Å². The van der Waals surface area contributed by atoms with Crippen molar-refractivity contribution in [1.82, 2.24) is 10.2 Å². The van der Waals surface area contributed by atoms with Gasteiger partial charge in [0.2, 0.25) is 0 Å². The molecule has 2 rings (SSSR count). The monoisotopic (exact) mass is 390 g/mol. The Balaban J connectivity index is 0.00000312. The molecule has 0 saturated carbocycles. The fraction of sp³-hybridized carbons (Fsp3) is 0.611. The first-order chi connectivity index (χ1) is 11.6. The van der Waals surface area contributed by atoms with Crippen molar-refractivity contribution in [2.24, 2.45) is 5.92 Å². The highest BCUT2D eigenvalue weighted by atomic mass is 35.5. The molecule has 0 spiro atoms. The molecule has 1 unspecified atom stereocenters.